The van der Waals surface area contributed by atoms with Crippen LogP contribution >= 0.6 is 46.4 Å². The molecule has 3 aromatic rings. The molecule has 9 heteroatoms. The second-order valence-electron chi connectivity index (χ2n) is 6.47. The van der Waals surface area contributed by atoms with E-state index in [2.05, 4.69) is 5.32 Å². The molecule has 0 aromatic heterocycles. The summed E-state index contributed by atoms with van der Waals surface area (Å²) in [6, 6.07) is 13.2. The number of rotatable bonds is 8. The number of ether oxygens (including phenoxy) is 2. The van der Waals surface area contributed by atoms with Gasteiger partial charge in [0.1, 0.15) is 6.61 Å². The molecule has 0 amide bonds. The minimum Gasteiger partial charge on any atom is -0.493 e. The zero-order valence-corrected chi connectivity index (χ0v) is 19.2. The number of carboxylic acid groups (broad SMARTS) is 1. The first-order chi connectivity index (χ1) is 14.8. The number of halogens is 4. The van der Waals surface area contributed by atoms with E-state index in [1.807, 2.05) is 0 Å². The van der Waals surface area contributed by atoms with Crippen molar-refractivity contribution in [2.75, 3.05) is 12.4 Å². The second kappa shape index (κ2) is 10.3. The quantitative estimate of drug-likeness (QED) is 0.342. The van der Waals surface area contributed by atoms with E-state index in [4.69, 9.17) is 61.0 Å². The zero-order chi connectivity index (χ0) is 22.5. The van der Waals surface area contributed by atoms with Gasteiger partial charge < -0.3 is 19.9 Å². The van der Waals surface area contributed by atoms with Gasteiger partial charge in [-0.2, -0.15) is 0 Å². The molecule has 5 nitrogen and oxygen atoms in total. The van der Waals surface area contributed by atoms with E-state index >= 15 is 0 Å². The average molecular weight is 501 g/mol. The number of carboxylic acids is 1. The Kier molecular flexibility index (Phi) is 7.79. The number of nitrogens with one attached hydrogen (secondary N) is 1. The van der Waals surface area contributed by atoms with Crippen molar-refractivity contribution in [3.63, 3.8) is 0 Å². The number of aromatic carboxylic acids is 1. The maximum absolute atomic E-state index is 11.1. The van der Waals surface area contributed by atoms with Gasteiger partial charge in [-0.25, -0.2) is 4.79 Å². The van der Waals surface area contributed by atoms with Gasteiger partial charge in [-0.05, 0) is 42.0 Å². The Morgan fingerprint density at radius 2 is 1.65 bits per heavy atom. The lowest BCUT2D eigenvalue weighted by Gasteiger charge is -2.15. The summed E-state index contributed by atoms with van der Waals surface area (Å²) in [5.41, 5.74) is 2.22. The van der Waals surface area contributed by atoms with Crippen LogP contribution in [0.25, 0.3) is 0 Å². The number of benzene rings is 3. The average Bonchev–Trinajstić information content (AvgIpc) is 2.72. The van der Waals surface area contributed by atoms with Gasteiger partial charge in [-0.3, -0.25) is 0 Å². The minimum atomic E-state index is -1.08. The number of hydrogen-bond acceptors (Lipinski definition) is 4. The standard InChI is InChI=1S/C22H17Cl4NO4/c1-30-20-6-13(10-27-15-4-5-16(22(28)29)19(26)8-15)18(25)9-21(20)31-11-12-2-3-14(23)7-17(12)24/h2-9,27H,10-11H2,1H3,(H,28,29). The maximum Gasteiger partial charge on any atom is 0.337 e. The molecule has 3 aromatic carbocycles. The summed E-state index contributed by atoms with van der Waals surface area (Å²) in [6.45, 7) is 0.579. The highest BCUT2D eigenvalue weighted by Gasteiger charge is 2.13. The van der Waals surface area contributed by atoms with Crippen molar-refractivity contribution < 1.29 is 19.4 Å². The summed E-state index contributed by atoms with van der Waals surface area (Å²) in [5, 5.41) is 13.9. The summed E-state index contributed by atoms with van der Waals surface area (Å²) < 4.78 is 11.3. The molecule has 0 aliphatic rings. The summed E-state index contributed by atoms with van der Waals surface area (Å²) in [4.78, 5) is 11.1. The van der Waals surface area contributed by atoms with Crippen LogP contribution in [0, 0.1) is 0 Å². The molecule has 2 N–H and O–H groups in total. The Labute approximate surface area is 199 Å². The molecule has 0 saturated heterocycles. The lowest BCUT2D eigenvalue weighted by Crippen LogP contribution is -2.04. The zero-order valence-electron chi connectivity index (χ0n) is 16.2. The molecule has 0 saturated carbocycles. The van der Waals surface area contributed by atoms with Crippen LogP contribution in [0.3, 0.4) is 0 Å². The molecule has 0 radical (unpaired) electrons. The van der Waals surface area contributed by atoms with Gasteiger partial charge in [-0.15, -0.1) is 0 Å². The van der Waals surface area contributed by atoms with Gasteiger partial charge in [0.05, 0.1) is 17.7 Å². The van der Waals surface area contributed by atoms with Crippen LogP contribution in [0.5, 0.6) is 11.5 Å². The SMILES string of the molecule is COc1cc(CNc2ccc(C(=O)O)c(Cl)c2)c(Cl)cc1OCc1ccc(Cl)cc1Cl. The van der Waals surface area contributed by atoms with Crippen molar-refractivity contribution in [2.45, 2.75) is 13.2 Å². The first kappa shape index (κ1) is 23.4. The molecule has 0 heterocycles. The van der Waals surface area contributed by atoms with Crippen LogP contribution in [-0.4, -0.2) is 18.2 Å². The van der Waals surface area contributed by atoms with Gasteiger partial charge in [0.2, 0.25) is 0 Å². The third-order valence-electron chi connectivity index (χ3n) is 4.41. The molecule has 0 spiro atoms. The first-order valence-corrected chi connectivity index (χ1v) is 10.5. The van der Waals surface area contributed by atoms with Crippen molar-refractivity contribution in [1.29, 1.82) is 0 Å². The van der Waals surface area contributed by atoms with Crippen molar-refractivity contribution in [3.8, 4) is 11.5 Å². The van der Waals surface area contributed by atoms with Crippen LogP contribution in [0.1, 0.15) is 21.5 Å². The summed E-state index contributed by atoms with van der Waals surface area (Å²) in [6.07, 6.45) is 0. The molecule has 0 bridgehead atoms. The fraction of sp³-hybridized carbons (Fsp3) is 0.136. The van der Waals surface area contributed by atoms with Crippen molar-refractivity contribution in [3.05, 3.63) is 85.3 Å². The van der Waals surface area contributed by atoms with E-state index in [0.717, 1.165) is 11.1 Å². The molecule has 3 rings (SSSR count). The Balaban J connectivity index is 1.73. The molecule has 0 aliphatic carbocycles. The highest BCUT2D eigenvalue weighted by molar-refractivity contribution is 6.35. The Bertz CT molecular complexity index is 1120. The van der Waals surface area contributed by atoms with Crippen LogP contribution in [0.4, 0.5) is 5.69 Å². The highest BCUT2D eigenvalue weighted by atomic mass is 35.5. The van der Waals surface area contributed by atoms with Gasteiger partial charge in [0.15, 0.2) is 11.5 Å². The summed E-state index contributed by atoms with van der Waals surface area (Å²) >= 11 is 24.6. The molecule has 0 fully saturated rings. The van der Waals surface area contributed by atoms with Crippen LogP contribution in [-0.2, 0) is 13.2 Å². The lowest BCUT2D eigenvalue weighted by molar-refractivity contribution is 0.0697. The van der Waals surface area contributed by atoms with Crippen molar-refractivity contribution in [1.82, 2.24) is 0 Å². The van der Waals surface area contributed by atoms with Gasteiger partial charge in [-0.1, -0.05) is 52.5 Å². The van der Waals surface area contributed by atoms with Crippen LogP contribution in [0.15, 0.2) is 48.5 Å². The number of carbonyl (C=O) groups is 1. The van der Waals surface area contributed by atoms with Crippen LogP contribution < -0.4 is 14.8 Å². The van der Waals surface area contributed by atoms with Crippen molar-refractivity contribution in [2.24, 2.45) is 0 Å². The molecule has 162 valence electrons. The van der Waals surface area contributed by atoms with E-state index in [-0.39, 0.29) is 17.2 Å². The van der Waals surface area contributed by atoms with Crippen molar-refractivity contribution >= 4 is 58.1 Å². The summed E-state index contributed by atoms with van der Waals surface area (Å²) in [5.74, 6) is -0.110. The van der Waals surface area contributed by atoms with E-state index in [1.54, 1.807) is 42.5 Å². The van der Waals surface area contributed by atoms with Gasteiger partial charge in [0, 0.05) is 38.9 Å². The van der Waals surface area contributed by atoms with E-state index in [1.165, 1.54) is 13.2 Å². The van der Waals surface area contributed by atoms with E-state index < -0.39 is 5.97 Å². The fourth-order valence-electron chi connectivity index (χ4n) is 2.78. The largest absolute Gasteiger partial charge is 0.493 e. The molecule has 31 heavy (non-hydrogen) atoms. The predicted octanol–water partition coefficient (Wildman–Crippen LogP) is 7.20. The first-order valence-electron chi connectivity index (χ1n) is 8.98. The minimum absolute atomic E-state index is 0.0363. The normalized spacial score (nSPS) is 10.6. The lowest BCUT2D eigenvalue weighted by atomic mass is 10.1. The maximum atomic E-state index is 11.1. The van der Waals surface area contributed by atoms with E-state index in [0.29, 0.717) is 38.8 Å². The third-order valence-corrected chi connectivity index (χ3v) is 5.66. The topological polar surface area (TPSA) is 67.8 Å². The molecule has 0 atom stereocenters. The summed E-state index contributed by atoms with van der Waals surface area (Å²) in [7, 11) is 1.53. The molecule has 0 aliphatic heterocycles. The monoisotopic (exact) mass is 499 g/mol. The van der Waals surface area contributed by atoms with Gasteiger partial charge in [0.25, 0.3) is 0 Å². The smallest absolute Gasteiger partial charge is 0.337 e. The highest BCUT2D eigenvalue weighted by Crippen LogP contribution is 2.35. The third kappa shape index (κ3) is 5.89. The van der Waals surface area contributed by atoms with Crippen LogP contribution in [0.2, 0.25) is 20.1 Å². The van der Waals surface area contributed by atoms with E-state index in [9.17, 15) is 4.79 Å². The number of methoxy groups -OCH3 is 1. The number of anilines is 1. The second-order valence-corrected chi connectivity index (χ2v) is 8.13. The molecular weight excluding hydrogens is 484 g/mol. The number of hydrogen-bond donors (Lipinski definition) is 2. The Morgan fingerprint density at radius 3 is 2.29 bits per heavy atom. The Morgan fingerprint density at radius 1 is 0.903 bits per heavy atom. The molecule has 0 unspecified atom stereocenters. The van der Waals surface area contributed by atoms with Gasteiger partial charge >= 0.3 is 5.97 Å². The predicted molar refractivity (Wildman–Crippen MR) is 125 cm³/mol. The molecular formula is C22H17Cl4NO4. The Hall–Kier alpha value is -2.31. The fourth-order valence-corrected chi connectivity index (χ4v) is 3.72.